The first-order valence-corrected chi connectivity index (χ1v) is 4.92. The predicted octanol–water partition coefficient (Wildman–Crippen LogP) is 2.68. The molecule has 1 aliphatic rings. The quantitative estimate of drug-likeness (QED) is 0.766. The van der Waals surface area contributed by atoms with Crippen molar-refractivity contribution in [3.63, 3.8) is 0 Å². The number of aromatic nitrogens is 1. The third-order valence-electron chi connectivity index (χ3n) is 2.96. The van der Waals surface area contributed by atoms with Crippen LogP contribution in [-0.4, -0.2) is 11.5 Å². The van der Waals surface area contributed by atoms with E-state index in [1.165, 1.54) is 24.9 Å². The van der Waals surface area contributed by atoms with Crippen molar-refractivity contribution in [3.05, 3.63) is 24.5 Å². The normalized spacial score (nSPS) is 19.2. The summed E-state index contributed by atoms with van der Waals surface area (Å²) in [5.41, 5.74) is 1.73. The molecule has 0 unspecified atom stereocenters. The van der Waals surface area contributed by atoms with Gasteiger partial charge in [-0.25, -0.2) is 0 Å². The highest BCUT2D eigenvalue weighted by Gasteiger charge is 2.31. The summed E-state index contributed by atoms with van der Waals surface area (Å²) in [4.78, 5) is 3.98. The minimum atomic E-state index is 0.545. The maximum Gasteiger partial charge on any atom is 0.0371 e. The van der Waals surface area contributed by atoms with Crippen molar-refractivity contribution < 1.29 is 0 Å². The fourth-order valence-electron chi connectivity index (χ4n) is 1.74. The van der Waals surface area contributed by atoms with Crippen LogP contribution in [0.1, 0.15) is 26.2 Å². The zero-order valence-corrected chi connectivity index (χ0v) is 8.09. The Balaban J connectivity index is 1.86. The molecule has 0 radical (unpaired) electrons. The zero-order chi connectivity index (χ0) is 9.15. The van der Waals surface area contributed by atoms with Crippen molar-refractivity contribution in [2.24, 2.45) is 5.41 Å². The molecule has 0 spiro atoms. The summed E-state index contributed by atoms with van der Waals surface area (Å²) >= 11 is 0. The van der Waals surface area contributed by atoms with Crippen LogP contribution in [-0.2, 0) is 0 Å². The van der Waals surface area contributed by atoms with Crippen LogP contribution in [0.25, 0.3) is 0 Å². The number of hydrogen-bond acceptors (Lipinski definition) is 2. The van der Waals surface area contributed by atoms with Gasteiger partial charge in [-0.15, -0.1) is 0 Å². The lowest BCUT2D eigenvalue weighted by atomic mass is 9.70. The van der Waals surface area contributed by atoms with Crippen LogP contribution in [0.2, 0.25) is 0 Å². The van der Waals surface area contributed by atoms with Crippen LogP contribution in [0.15, 0.2) is 24.5 Å². The number of nitrogens with one attached hydrogen (secondary N) is 1. The lowest BCUT2D eigenvalue weighted by molar-refractivity contribution is 0.180. The first kappa shape index (κ1) is 8.54. The molecule has 1 aliphatic carbocycles. The summed E-state index contributed by atoms with van der Waals surface area (Å²) < 4.78 is 0. The molecule has 70 valence electrons. The average molecular weight is 176 g/mol. The van der Waals surface area contributed by atoms with Gasteiger partial charge in [0.25, 0.3) is 0 Å². The van der Waals surface area contributed by atoms with Gasteiger partial charge >= 0.3 is 0 Å². The summed E-state index contributed by atoms with van der Waals surface area (Å²) in [7, 11) is 0. The van der Waals surface area contributed by atoms with Crippen LogP contribution in [0, 0.1) is 5.41 Å². The Hall–Kier alpha value is -1.05. The number of anilines is 1. The van der Waals surface area contributed by atoms with E-state index in [0.717, 1.165) is 6.54 Å². The molecule has 2 rings (SSSR count). The Morgan fingerprint density at radius 2 is 2.08 bits per heavy atom. The van der Waals surface area contributed by atoms with E-state index in [4.69, 9.17) is 0 Å². The highest BCUT2D eigenvalue weighted by Crippen LogP contribution is 2.40. The van der Waals surface area contributed by atoms with Crippen LogP contribution in [0.4, 0.5) is 5.69 Å². The molecule has 1 saturated carbocycles. The maximum absolute atomic E-state index is 3.98. The van der Waals surface area contributed by atoms with Crippen molar-refractivity contribution in [2.45, 2.75) is 26.2 Å². The monoisotopic (exact) mass is 176 g/mol. The van der Waals surface area contributed by atoms with Crippen LogP contribution >= 0.6 is 0 Å². The number of nitrogens with zero attached hydrogens (tertiary/aromatic N) is 1. The Kier molecular flexibility index (Phi) is 2.21. The molecule has 0 aromatic carbocycles. The Labute approximate surface area is 79.4 Å². The molecule has 1 heterocycles. The van der Waals surface area contributed by atoms with E-state index in [0.29, 0.717) is 5.41 Å². The molecule has 1 aromatic heterocycles. The first-order valence-electron chi connectivity index (χ1n) is 4.92. The molecule has 0 atom stereocenters. The van der Waals surface area contributed by atoms with Gasteiger partial charge in [0, 0.05) is 24.6 Å². The minimum absolute atomic E-state index is 0.545. The number of rotatable bonds is 3. The van der Waals surface area contributed by atoms with Crippen LogP contribution < -0.4 is 5.32 Å². The maximum atomic E-state index is 3.98. The molecule has 0 saturated heterocycles. The van der Waals surface area contributed by atoms with E-state index in [9.17, 15) is 0 Å². The molecule has 1 fully saturated rings. The van der Waals surface area contributed by atoms with E-state index in [1.54, 1.807) is 0 Å². The zero-order valence-electron chi connectivity index (χ0n) is 8.09. The second-order valence-electron chi connectivity index (χ2n) is 4.25. The van der Waals surface area contributed by atoms with E-state index in [1.807, 2.05) is 24.5 Å². The Morgan fingerprint density at radius 1 is 1.38 bits per heavy atom. The third-order valence-corrected chi connectivity index (χ3v) is 2.96. The molecule has 2 nitrogen and oxygen atoms in total. The molecule has 1 aromatic rings. The van der Waals surface area contributed by atoms with Gasteiger partial charge in [0.05, 0.1) is 0 Å². The minimum Gasteiger partial charge on any atom is -0.384 e. The summed E-state index contributed by atoms with van der Waals surface area (Å²) in [5, 5.41) is 3.45. The molecule has 0 aliphatic heterocycles. The van der Waals surface area contributed by atoms with Gasteiger partial charge in [-0.05, 0) is 30.4 Å². The van der Waals surface area contributed by atoms with Crippen LogP contribution in [0.3, 0.4) is 0 Å². The van der Waals surface area contributed by atoms with Gasteiger partial charge in [0.1, 0.15) is 0 Å². The van der Waals surface area contributed by atoms with Gasteiger partial charge in [-0.3, -0.25) is 4.98 Å². The molecule has 13 heavy (non-hydrogen) atoms. The molecule has 0 bridgehead atoms. The third kappa shape index (κ3) is 2.00. The topological polar surface area (TPSA) is 24.9 Å². The molecule has 0 amide bonds. The van der Waals surface area contributed by atoms with E-state index < -0.39 is 0 Å². The van der Waals surface area contributed by atoms with Gasteiger partial charge in [-0.2, -0.15) is 0 Å². The summed E-state index contributed by atoms with van der Waals surface area (Å²) in [6, 6.07) is 4.03. The number of pyridine rings is 1. The lowest BCUT2D eigenvalue weighted by Crippen LogP contribution is -2.33. The van der Waals surface area contributed by atoms with Crippen molar-refractivity contribution >= 4 is 5.69 Å². The van der Waals surface area contributed by atoms with Crippen molar-refractivity contribution in [3.8, 4) is 0 Å². The van der Waals surface area contributed by atoms with Gasteiger partial charge in [0.15, 0.2) is 0 Å². The van der Waals surface area contributed by atoms with E-state index >= 15 is 0 Å². The molecule has 2 heteroatoms. The smallest absolute Gasteiger partial charge is 0.0371 e. The second-order valence-corrected chi connectivity index (χ2v) is 4.25. The molecular weight excluding hydrogens is 160 g/mol. The van der Waals surface area contributed by atoms with Crippen molar-refractivity contribution in [2.75, 3.05) is 11.9 Å². The van der Waals surface area contributed by atoms with E-state index in [-0.39, 0.29) is 0 Å². The first-order chi connectivity index (χ1) is 6.29. The summed E-state index contributed by atoms with van der Waals surface area (Å²) in [6.45, 7) is 3.45. The van der Waals surface area contributed by atoms with Crippen LogP contribution in [0.5, 0.6) is 0 Å². The second kappa shape index (κ2) is 3.36. The largest absolute Gasteiger partial charge is 0.384 e. The van der Waals surface area contributed by atoms with Gasteiger partial charge in [0.2, 0.25) is 0 Å². The Bertz CT molecular complexity index is 265. The lowest BCUT2D eigenvalue weighted by Gasteiger charge is -2.38. The van der Waals surface area contributed by atoms with Crippen molar-refractivity contribution in [1.29, 1.82) is 0 Å². The fraction of sp³-hybridized carbons (Fsp3) is 0.545. The highest BCUT2D eigenvalue weighted by molar-refractivity contribution is 5.40. The van der Waals surface area contributed by atoms with E-state index in [2.05, 4.69) is 17.2 Å². The van der Waals surface area contributed by atoms with Gasteiger partial charge in [-0.1, -0.05) is 13.3 Å². The number of hydrogen-bond donors (Lipinski definition) is 1. The molecular formula is C11H16N2. The predicted molar refractivity (Wildman–Crippen MR) is 54.7 cm³/mol. The SMILES string of the molecule is CC1(CNc2ccncc2)CCC1. The van der Waals surface area contributed by atoms with Gasteiger partial charge < -0.3 is 5.32 Å². The van der Waals surface area contributed by atoms with Crippen molar-refractivity contribution in [1.82, 2.24) is 4.98 Å². The average Bonchev–Trinajstić information content (AvgIpc) is 2.13. The summed E-state index contributed by atoms with van der Waals surface area (Å²) in [6.07, 6.45) is 7.78. The standard InChI is InChI=1S/C11H16N2/c1-11(5-2-6-11)9-13-10-3-7-12-8-4-10/h3-4,7-8H,2,5-6,9H2,1H3,(H,12,13). The Morgan fingerprint density at radius 3 is 2.62 bits per heavy atom. The summed E-state index contributed by atoms with van der Waals surface area (Å²) in [5.74, 6) is 0. The molecule has 1 N–H and O–H groups in total. The fourth-order valence-corrected chi connectivity index (χ4v) is 1.74. The highest BCUT2D eigenvalue weighted by atomic mass is 14.9.